The molecule has 1 heterocycles. The molecule has 20 heavy (non-hydrogen) atoms. The Hall–Kier alpha value is -2.38. The molecule has 1 aromatic heterocycles. The van der Waals surface area contributed by atoms with E-state index in [1.165, 1.54) is 0 Å². The maximum atomic E-state index is 9.96. The van der Waals surface area contributed by atoms with Crippen LogP contribution < -0.4 is 4.74 Å². The third kappa shape index (κ3) is 3.34. The van der Waals surface area contributed by atoms with Crippen molar-refractivity contribution in [1.82, 2.24) is 4.98 Å². The van der Waals surface area contributed by atoms with E-state index in [9.17, 15) is 5.11 Å². The van der Waals surface area contributed by atoms with E-state index in [4.69, 9.17) is 10.00 Å². The fraction of sp³-hybridized carbons (Fsp3) is 0.250. The summed E-state index contributed by atoms with van der Waals surface area (Å²) in [6.07, 6.45) is 1.69. The number of rotatable bonds is 5. The molecule has 0 unspecified atom stereocenters. The summed E-state index contributed by atoms with van der Waals surface area (Å²) in [5.41, 5.74) is 2.02. The normalized spacial score (nSPS) is 11.7. The summed E-state index contributed by atoms with van der Waals surface area (Å²) in [4.78, 5) is 3.92. The van der Waals surface area contributed by atoms with E-state index < -0.39 is 6.10 Å². The van der Waals surface area contributed by atoms with Crippen LogP contribution in [0.15, 0.2) is 42.6 Å². The molecule has 0 saturated heterocycles. The summed E-state index contributed by atoms with van der Waals surface area (Å²) in [5, 5.41) is 18.8. The maximum Gasteiger partial charge on any atom is 0.140 e. The molecule has 2 rings (SSSR count). The van der Waals surface area contributed by atoms with E-state index in [1.54, 1.807) is 18.3 Å². The molecule has 4 nitrogen and oxygen atoms in total. The first-order valence-electron chi connectivity index (χ1n) is 6.49. The zero-order valence-corrected chi connectivity index (χ0v) is 11.3. The van der Waals surface area contributed by atoms with Crippen LogP contribution in [0.4, 0.5) is 0 Å². The van der Waals surface area contributed by atoms with Crippen molar-refractivity contribution in [3.05, 3.63) is 59.4 Å². The molecule has 2 aromatic rings. The monoisotopic (exact) mass is 268 g/mol. The molecule has 0 saturated carbocycles. The first-order valence-corrected chi connectivity index (χ1v) is 6.49. The summed E-state index contributed by atoms with van der Waals surface area (Å²) in [6.45, 7) is 2.26. The van der Waals surface area contributed by atoms with Crippen LogP contribution in [0, 0.1) is 11.3 Å². The quantitative estimate of drug-likeness (QED) is 0.905. The van der Waals surface area contributed by atoms with Gasteiger partial charge in [0.05, 0.1) is 6.10 Å². The molecular weight excluding hydrogens is 252 g/mol. The van der Waals surface area contributed by atoms with Gasteiger partial charge < -0.3 is 9.84 Å². The smallest absolute Gasteiger partial charge is 0.140 e. The molecule has 1 aromatic carbocycles. The highest BCUT2D eigenvalue weighted by Crippen LogP contribution is 2.27. The summed E-state index contributed by atoms with van der Waals surface area (Å²) in [6, 6.07) is 12.9. The number of hydrogen-bond acceptors (Lipinski definition) is 4. The lowest BCUT2D eigenvalue weighted by molar-refractivity contribution is 0.166. The molecule has 1 atom stereocenters. The van der Waals surface area contributed by atoms with Gasteiger partial charge in [0.1, 0.15) is 24.1 Å². The molecule has 0 radical (unpaired) electrons. The third-order valence-electron chi connectivity index (χ3n) is 3.00. The van der Waals surface area contributed by atoms with Gasteiger partial charge in [-0.1, -0.05) is 25.1 Å². The highest BCUT2D eigenvalue weighted by atomic mass is 16.5. The largest absolute Gasteiger partial charge is 0.489 e. The first-order chi connectivity index (χ1) is 9.74. The predicted molar refractivity (Wildman–Crippen MR) is 75.0 cm³/mol. The second-order valence-corrected chi connectivity index (χ2v) is 4.41. The van der Waals surface area contributed by atoms with Gasteiger partial charge in [-0.3, -0.25) is 0 Å². The fourth-order valence-corrected chi connectivity index (χ4v) is 1.89. The molecule has 0 amide bonds. The Kier molecular flexibility index (Phi) is 4.70. The minimum absolute atomic E-state index is 0.338. The van der Waals surface area contributed by atoms with Gasteiger partial charge >= 0.3 is 0 Å². The number of nitriles is 1. The predicted octanol–water partition coefficient (Wildman–Crippen LogP) is 2.98. The van der Waals surface area contributed by atoms with E-state index in [1.807, 2.05) is 37.3 Å². The van der Waals surface area contributed by atoms with Crippen LogP contribution in [0.3, 0.4) is 0 Å². The molecular formula is C16H16N2O2. The number of hydrogen-bond donors (Lipinski definition) is 1. The van der Waals surface area contributed by atoms with Crippen molar-refractivity contribution in [3.8, 4) is 11.8 Å². The molecule has 0 fully saturated rings. The average Bonchev–Trinajstić information content (AvgIpc) is 2.52. The number of aliphatic hydroxyl groups excluding tert-OH is 1. The fourth-order valence-electron chi connectivity index (χ4n) is 1.89. The standard InChI is InChI=1S/C16H16N2O2/c1-2-15(19)14-5-3-4-6-16(14)20-11-12-7-8-18-13(9-12)10-17/h3-9,15,19H,2,11H2,1H3/t15-/m1/s1. The highest BCUT2D eigenvalue weighted by Gasteiger charge is 2.11. The first kappa shape index (κ1) is 14.0. The van der Waals surface area contributed by atoms with E-state index >= 15 is 0 Å². The van der Waals surface area contributed by atoms with Crippen LogP contribution in [0.2, 0.25) is 0 Å². The van der Waals surface area contributed by atoms with Gasteiger partial charge in [0, 0.05) is 11.8 Å². The lowest BCUT2D eigenvalue weighted by Crippen LogP contribution is -2.02. The van der Waals surface area contributed by atoms with Crippen molar-refractivity contribution in [3.63, 3.8) is 0 Å². The second kappa shape index (κ2) is 6.69. The molecule has 0 bridgehead atoms. The van der Waals surface area contributed by atoms with Crippen LogP contribution in [-0.4, -0.2) is 10.1 Å². The van der Waals surface area contributed by atoms with Crippen LogP contribution in [-0.2, 0) is 6.61 Å². The summed E-state index contributed by atoms with van der Waals surface area (Å²) < 4.78 is 5.75. The van der Waals surface area contributed by atoms with Gasteiger partial charge in [-0.25, -0.2) is 4.98 Å². The van der Waals surface area contributed by atoms with Crippen LogP contribution in [0.5, 0.6) is 5.75 Å². The Morgan fingerprint density at radius 3 is 2.90 bits per heavy atom. The van der Waals surface area contributed by atoms with Crippen molar-refractivity contribution >= 4 is 0 Å². The number of benzene rings is 1. The van der Waals surface area contributed by atoms with Gasteiger partial charge in [-0.05, 0) is 30.2 Å². The Balaban J connectivity index is 2.13. The molecule has 102 valence electrons. The van der Waals surface area contributed by atoms with Crippen molar-refractivity contribution in [2.45, 2.75) is 26.1 Å². The zero-order valence-electron chi connectivity index (χ0n) is 11.3. The van der Waals surface area contributed by atoms with Gasteiger partial charge in [0.15, 0.2) is 0 Å². The minimum Gasteiger partial charge on any atom is -0.489 e. The topological polar surface area (TPSA) is 66.1 Å². The van der Waals surface area contributed by atoms with E-state index in [0.717, 1.165) is 11.1 Å². The number of aliphatic hydroxyl groups is 1. The van der Waals surface area contributed by atoms with E-state index in [-0.39, 0.29) is 0 Å². The van der Waals surface area contributed by atoms with Crippen molar-refractivity contribution < 1.29 is 9.84 Å². The molecule has 0 aliphatic rings. The molecule has 0 aliphatic heterocycles. The second-order valence-electron chi connectivity index (χ2n) is 4.41. The van der Waals surface area contributed by atoms with Gasteiger partial charge in [0.25, 0.3) is 0 Å². The minimum atomic E-state index is -0.529. The maximum absolute atomic E-state index is 9.96. The van der Waals surface area contributed by atoms with Crippen LogP contribution in [0.25, 0.3) is 0 Å². The van der Waals surface area contributed by atoms with Crippen LogP contribution >= 0.6 is 0 Å². The molecule has 0 aliphatic carbocycles. The Bertz CT molecular complexity index is 620. The van der Waals surface area contributed by atoms with Crippen molar-refractivity contribution in [2.24, 2.45) is 0 Å². The lowest BCUT2D eigenvalue weighted by Gasteiger charge is -2.14. The SMILES string of the molecule is CC[C@@H](O)c1ccccc1OCc1ccnc(C#N)c1. The molecule has 1 N–H and O–H groups in total. The van der Waals surface area contributed by atoms with Gasteiger partial charge in [-0.2, -0.15) is 5.26 Å². The average molecular weight is 268 g/mol. The number of nitrogens with zero attached hydrogens (tertiary/aromatic N) is 2. The molecule has 0 spiro atoms. The number of pyridine rings is 1. The summed E-state index contributed by atoms with van der Waals surface area (Å²) in [7, 11) is 0. The number of para-hydroxylation sites is 1. The van der Waals surface area contributed by atoms with Gasteiger partial charge in [0.2, 0.25) is 0 Å². The Labute approximate surface area is 118 Å². The molecule has 4 heteroatoms. The summed E-state index contributed by atoms with van der Waals surface area (Å²) >= 11 is 0. The third-order valence-corrected chi connectivity index (χ3v) is 3.00. The van der Waals surface area contributed by atoms with E-state index in [2.05, 4.69) is 4.98 Å². The number of aromatic nitrogens is 1. The van der Waals surface area contributed by atoms with Gasteiger partial charge in [-0.15, -0.1) is 0 Å². The van der Waals surface area contributed by atoms with Crippen LogP contribution in [0.1, 0.15) is 36.3 Å². The van der Waals surface area contributed by atoms with E-state index in [0.29, 0.717) is 24.5 Å². The lowest BCUT2D eigenvalue weighted by atomic mass is 10.1. The van der Waals surface area contributed by atoms with Crippen molar-refractivity contribution in [1.29, 1.82) is 5.26 Å². The number of ether oxygens (including phenoxy) is 1. The summed E-state index contributed by atoms with van der Waals surface area (Å²) in [5.74, 6) is 0.664. The zero-order chi connectivity index (χ0) is 14.4. The van der Waals surface area contributed by atoms with Crippen molar-refractivity contribution in [2.75, 3.05) is 0 Å². The Morgan fingerprint density at radius 1 is 1.35 bits per heavy atom. The highest BCUT2D eigenvalue weighted by molar-refractivity contribution is 5.35. The Morgan fingerprint density at radius 2 is 2.15 bits per heavy atom.